The van der Waals surface area contributed by atoms with Gasteiger partial charge in [-0.2, -0.15) is 0 Å². The molecule has 1 unspecified atom stereocenters. The monoisotopic (exact) mass is 226 g/mol. The molecule has 0 saturated heterocycles. The average molecular weight is 226 g/mol. The van der Waals surface area contributed by atoms with Crippen molar-refractivity contribution in [2.24, 2.45) is 0 Å². The number of amides is 1. The molecule has 0 aliphatic rings. The second kappa shape index (κ2) is 6.17. The van der Waals surface area contributed by atoms with E-state index in [-0.39, 0.29) is 11.7 Å². The molecule has 1 aromatic rings. The van der Waals surface area contributed by atoms with E-state index < -0.39 is 11.7 Å². The molecule has 0 fully saturated rings. The summed E-state index contributed by atoms with van der Waals surface area (Å²) in [7, 11) is 0. The van der Waals surface area contributed by atoms with E-state index >= 15 is 0 Å². The molecule has 0 bridgehead atoms. The van der Waals surface area contributed by atoms with Crippen molar-refractivity contribution in [1.82, 2.24) is 10.3 Å². The van der Waals surface area contributed by atoms with Crippen LogP contribution in [0.4, 0.5) is 4.39 Å². The quantitative estimate of drug-likeness (QED) is 0.739. The van der Waals surface area contributed by atoms with Crippen molar-refractivity contribution < 1.29 is 14.3 Å². The van der Waals surface area contributed by atoms with Crippen molar-refractivity contribution in [2.75, 3.05) is 6.54 Å². The van der Waals surface area contributed by atoms with Gasteiger partial charge in [-0.3, -0.25) is 9.78 Å². The number of halogens is 1. The Kier molecular flexibility index (Phi) is 4.85. The summed E-state index contributed by atoms with van der Waals surface area (Å²) in [6, 6.07) is 1.33. The summed E-state index contributed by atoms with van der Waals surface area (Å²) in [5, 5.41) is 11.6. The van der Waals surface area contributed by atoms with E-state index in [4.69, 9.17) is 5.11 Å². The lowest BCUT2D eigenvalue weighted by Gasteiger charge is -2.06. The van der Waals surface area contributed by atoms with Gasteiger partial charge in [0.05, 0.1) is 17.9 Å². The van der Waals surface area contributed by atoms with Gasteiger partial charge < -0.3 is 10.4 Å². The summed E-state index contributed by atoms with van der Waals surface area (Å²) in [6.45, 7) is 2.11. The molecule has 0 spiro atoms. The molecule has 1 atom stereocenters. The first-order valence-electron chi connectivity index (χ1n) is 5.17. The van der Waals surface area contributed by atoms with Crippen LogP contribution in [-0.4, -0.2) is 28.6 Å². The van der Waals surface area contributed by atoms with Crippen LogP contribution < -0.4 is 5.32 Å². The van der Waals surface area contributed by atoms with E-state index in [1.807, 2.05) is 0 Å². The first-order chi connectivity index (χ1) is 7.61. The molecule has 2 N–H and O–H groups in total. The van der Waals surface area contributed by atoms with Crippen molar-refractivity contribution in [3.05, 3.63) is 29.8 Å². The lowest BCUT2D eigenvalue weighted by molar-refractivity contribution is 0.0945. The Hall–Kier alpha value is -1.49. The zero-order valence-electron chi connectivity index (χ0n) is 9.11. The Balaban J connectivity index is 2.39. The van der Waals surface area contributed by atoms with Crippen molar-refractivity contribution in [1.29, 1.82) is 0 Å². The highest BCUT2D eigenvalue weighted by Crippen LogP contribution is 2.04. The Labute approximate surface area is 93.5 Å². The Bertz CT molecular complexity index is 356. The van der Waals surface area contributed by atoms with Gasteiger partial charge in [0, 0.05) is 12.7 Å². The van der Waals surface area contributed by atoms with Crippen LogP contribution in [-0.2, 0) is 0 Å². The maximum Gasteiger partial charge on any atom is 0.254 e. The van der Waals surface area contributed by atoms with E-state index in [0.717, 1.165) is 6.20 Å². The summed E-state index contributed by atoms with van der Waals surface area (Å²) in [6.07, 6.45) is 3.27. The van der Waals surface area contributed by atoms with Gasteiger partial charge >= 0.3 is 0 Å². The average Bonchev–Trinajstić information content (AvgIpc) is 2.24. The number of carbonyl (C=O) groups excluding carboxylic acids is 1. The highest BCUT2D eigenvalue weighted by molar-refractivity contribution is 5.94. The predicted molar refractivity (Wildman–Crippen MR) is 57.4 cm³/mol. The number of aliphatic hydroxyl groups is 1. The van der Waals surface area contributed by atoms with Crippen LogP contribution in [0.3, 0.4) is 0 Å². The second-order valence-corrected chi connectivity index (χ2v) is 3.60. The van der Waals surface area contributed by atoms with Gasteiger partial charge in [-0.1, -0.05) is 0 Å². The Morgan fingerprint density at radius 2 is 2.44 bits per heavy atom. The fourth-order valence-corrected chi connectivity index (χ4v) is 1.25. The van der Waals surface area contributed by atoms with Crippen LogP contribution in [0.1, 0.15) is 30.1 Å². The molecule has 1 amide bonds. The first kappa shape index (κ1) is 12.6. The summed E-state index contributed by atoms with van der Waals surface area (Å²) in [5.74, 6) is -1.08. The molecule has 5 heteroatoms. The molecule has 1 aromatic heterocycles. The number of aliphatic hydroxyl groups excluding tert-OH is 1. The number of pyridine rings is 1. The van der Waals surface area contributed by atoms with E-state index in [9.17, 15) is 9.18 Å². The number of hydrogen-bond donors (Lipinski definition) is 2. The number of rotatable bonds is 5. The lowest BCUT2D eigenvalue weighted by atomic mass is 10.2. The molecular formula is C11H15FN2O2. The van der Waals surface area contributed by atoms with Gasteiger partial charge in [-0.05, 0) is 25.8 Å². The minimum atomic E-state index is -0.629. The van der Waals surface area contributed by atoms with Crippen LogP contribution in [0.5, 0.6) is 0 Å². The van der Waals surface area contributed by atoms with E-state index in [1.165, 1.54) is 12.3 Å². The normalized spacial score (nSPS) is 12.2. The fraction of sp³-hybridized carbons (Fsp3) is 0.455. The van der Waals surface area contributed by atoms with E-state index in [0.29, 0.717) is 19.4 Å². The molecule has 0 aromatic carbocycles. The zero-order chi connectivity index (χ0) is 12.0. The van der Waals surface area contributed by atoms with Crippen LogP contribution in [0, 0.1) is 5.82 Å². The molecular weight excluding hydrogens is 211 g/mol. The highest BCUT2D eigenvalue weighted by Gasteiger charge is 2.10. The molecule has 0 aliphatic heterocycles. The number of aromatic nitrogens is 1. The number of hydrogen-bond acceptors (Lipinski definition) is 3. The molecule has 1 heterocycles. The van der Waals surface area contributed by atoms with E-state index in [1.54, 1.807) is 6.92 Å². The maximum atomic E-state index is 13.1. The highest BCUT2D eigenvalue weighted by atomic mass is 19.1. The van der Waals surface area contributed by atoms with Gasteiger partial charge in [0.2, 0.25) is 0 Å². The first-order valence-corrected chi connectivity index (χ1v) is 5.17. The molecule has 0 radical (unpaired) electrons. The Morgan fingerprint density at radius 1 is 1.69 bits per heavy atom. The largest absolute Gasteiger partial charge is 0.393 e. The van der Waals surface area contributed by atoms with Gasteiger partial charge in [-0.25, -0.2) is 4.39 Å². The summed E-state index contributed by atoms with van der Waals surface area (Å²) < 4.78 is 13.1. The third-order valence-electron chi connectivity index (χ3n) is 2.10. The van der Waals surface area contributed by atoms with E-state index in [2.05, 4.69) is 10.3 Å². The summed E-state index contributed by atoms with van der Waals surface area (Å²) >= 11 is 0. The molecule has 1 rings (SSSR count). The van der Waals surface area contributed by atoms with Gasteiger partial charge in [0.1, 0.15) is 0 Å². The Morgan fingerprint density at radius 3 is 3.06 bits per heavy atom. The minimum Gasteiger partial charge on any atom is -0.393 e. The lowest BCUT2D eigenvalue weighted by Crippen LogP contribution is -2.26. The standard InChI is InChI=1S/C11H15FN2O2/c1-8(15)3-2-5-14-11(16)9-4-6-13-7-10(9)12/h4,6-8,15H,2-3,5H2,1H3,(H,14,16). The van der Waals surface area contributed by atoms with Gasteiger partial charge in [0.15, 0.2) is 5.82 Å². The third-order valence-corrected chi connectivity index (χ3v) is 2.10. The summed E-state index contributed by atoms with van der Waals surface area (Å²) in [4.78, 5) is 15.0. The van der Waals surface area contributed by atoms with Crippen molar-refractivity contribution in [2.45, 2.75) is 25.9 Å². The topological polar surface area (TPSA) is 62.2 Å². The van der Waals surface area contributed by atoms with Crippen LogP contribution in [0.15, 0.2) is 18.5 Å². The van der Waals surface area contributed by atoms with Crippen LogP contribution >= 0.6 is 0 Å². The molecule has 4 nitrogen and oxygen atoms in total. The maximum absolute atomic E-state index is 13.1. The van der Waals surface area contributed by atoms with Crippen molar-refractivity contribution in [3.8, 4) is 0 Å². The molecule has 0 saturated carbocycles. The van der Waals surface area contributed by atoms with Crippen LogP contribution in [0.25, 0.3) is 0 Å². The third kappa shape index (κ3) is 3.94. The van der Waals surface area contributed by atoms with Crippen molar-refractivity contribution in [3.63, 3.8) is 0 Å². The molecule has 0 aliphatic carbocycles. The van der Waals surface area contributed by atoms with Crippen molar-refractivity contribution >= 4 is 5.91 Å². The van der Waals surface area contributed by atoms with Crippen LogP contribution in [0.2, 0.25) is 0 Å². The number of carbonyl (C=O) groups is 1. The molecule has 88 valence electrons. The fourth-order valence-electron chi connectivity index (χ4n) is 1.25. The SMILES string of the molecule is CC(O)CCCNC(=O)c1ccncc1F. The minimum absolute atomic E-state index is 0.00736. The van der Waals surface area contributed by atoms with Gasteiger partial charge in [-0.15, -0.1) is 0 Å². The van der Waals surface area contributed by atoms with Gasteiger partial charge in [0.25, 0.3) is 5.91 Å². The smallest absolute Gasteiger partial charge is 0.254 e. The zero-order valence-corrected chi connectivity index (χ0v) is 9.11. The number of nitrogens with zero attached hydrogens (tertiary/aromatic N) is 1. The predicted octanol–water partition coefficient (Wildman–Crippen LogP) is 1.11. The number of nitrogens with one attached hydrogen (secondary N) is 1. The second-order valence-electron chi connectivity index (χ2n) is 3.60. The summed E-state index contributed by atoms with van der Waals surface area (Å²) in [5.41, 5.74) is -0.00736. The molecule has 16 heavy (non-hydrogen) atoms.